The van der Waals surface area contributed by atoms with Gasteiger partial charge in [0.2, 0.25) is 5.79 Å². The Morgan fingerprint density at radius 3 is 2.27 bits per heavy atom. The van der Waals surface area contributed by atoms with E-state index in [1.54, 1.807) is 0 Å². The van der Waals surface area contributed by atoms with E-state index in [0.717, 1.165) is 36.3 Å². The van der Waals surface area contributed by atoms with Crippen LogP contribution in [0.3, 0.4) is 0 Å². The molecule has 2 atom stereocenters. The second kappa shape index (κ2) is 6.54. The summed E-state index contributed by atoms with van der Waals surface area (Å²) >= 11 is 1.95. The topological polar surface area (TPSA) is 27.7 Å². The highest BCUT2D eigenvalue weighted by Crippen LogP contribution is 2.52. The van der Waals surface area contributed by atoms with Crippen molar-refractivity contribution in [2.24, 2.45) is 0 Å². The molecule has 0 bridgehead atoms. The Bertz CT molecular complexity index is 799. The minimum absolute atomic E-state index is 0.142. The molecular formula is C22H22O3S. The predicted molar refractivity (Wildman–Crippen MR) is 103 cm³/mol. The Morgan fingerprint density at radius 1 is 0.846 bits per heavy atom. The van der Waals surface area contributed by atoms with Gasteiger partial charge in [-0.05, 0) is 34.3 Å². The molecule has 0 radical (unpaired) electrons. The molecule has 2 saturated heterocycles. The Hall–Kier alpha value is -1.59. The molecule has 1 spiro atoms. The fourth-order valence-corrected chi connectivity index (χ4v) is 5.25. The van der Waals surface area contributed by atoms with E-state index in [1.807, 2.05) is 36.0 Å². The van der Waals surface area contributed by atoms with Crippen molar-refractivity contribution in [1.82, 2.24) is 0 Å². The average molecular weight is 366 g/mol. The smallest absolute Gasteiger partial charge is 0.203 e. The zero-order valence-corrected chi connectivity index (χ0v) is 15.4. The Balaban J connectivity index is 1.54. The van der Waals surface area contributed by atoms with Gasteiger partial charge in [-0.3, -0.25) is 0 Å². The quantitative estimate of drug-likeness (QED) is 0.704. The van der Waals surface area contributed by atoms with E-state index in [9.17, 15) is 0 Å². The summed E-state index contributed by atoms with van der Waals surface area (Å²) < 4.78 is 6.61. The average Bonchev–Trinajstić information content (AvgIpc) is 3.10. The van der Waals surface area contributed by atoms with Gasteiger partial charge in [-0.2, -0.15) is 16.6 Å². The molecule has 3 nitrogen and oxygen atoms in total. The zero-order valence-electron chi connectivity index (χ0n) is 14.6. The number of fused-ring (bicyclic) bond motifs is 1. The van der Waals surface area contributed by atoms with E-state index in [1.165, 1.54) is 11.1 Å². The normalized spacial score (nSPS) is 30.0. The minimum atomic E-state index is -0.609. The number of benzene rings is 2. The van der Waals surface area contributed by atoms with Gasteiger partial charge in [0.1, 0.15) is 6.10 Å². The first kappa shape index (κ1) is 16.6. The molecule has 4 heteroatoms. The third-order valence-corrected chi connectivity index (χ3v) is 6.60. The van der Waals surface area contributed by atoms with Crippen LogP contribution >= 0.6 is 11.8 Å². The number of hydrogen-bond acceptors (Lipinski definition) is 4. The van der Waals surface area contributed by atoms with Crippen molar-refractivity contribution < 1.29 is 14.5 Å². The fraction of sp³-hybridized carbons (Fsp3) is 0.364. The van der Waals surface area contributed by atoms with Gasteiger partial charge >= 0.3 is 0 Å². The third kappa shape index (κ3) is 2.72. The molecule has 0 amide bonds. The first-order chi connectivity index (χ1) is 12.8. The van der Waals surface area contributed by atoms with Crippen LogP contribution in [0, 0.1) is 0 Å². The molecule has 5 rings (SSSR count). The standard InChI is InChI=1S/C22H22O3S/c1-3-7-17(8-4-1)18-15-20-22(16-18,19-9-5-2-6-10-19)25-24-21(23-20)11-13-26-14-12-21/h1-10,15,20H,11-14,16H2/t20-,22-/m1/s1. The lowest BCUT2D eigenvalue weighted by Crippen LogP contribution is -2.55. The van der Waals surface area contributed by atoms with Gasteiger partial charge < -0.3 is 4.74 Å². The van der Waals surface area contributed by atoms with Crippen molar-refractivity contribution in [2.75, 3.05) is 11.5 Å². The summed E-state index contributed by atoms with van der Waals surface area (Å²) in [7, 11) is 0. The van der Waals surface area contributed by atoms with Crippen LogP contribution in [0.15, 0.2) is 66.7 Å². The van der Waals surface area contributed by atoms with Crippen LogP contribution in [0.5, 0.6) is 0 Å². The third-order valence-electron chi connectivity index (χ3n) is 5.61. The molecule has 0 aromatic heterocycles. The molecule has 2 heterocycles. The first-order valence-corrected chi connectivity index (χ1v) is 10.4. The Kier molecular flexibility index (Phi) is 4.17. The summed E-state index contributed by atoms with van der Waals surface area (Å²) in [5.41, 5.74) is 2.97. The summed E-state index contributed by atoms with van der Waals surface area (Å²) in [6.45, 7) is 0. The molecule has 2 aromatic rings. The second-order valence-corrected chi connectivity index (χ2v) is 8.44. The molecule has 0 saturated carbocycles. The molecule has 3 aliphatic rings. The van der Waals surface area contributed by atoms with Crippen molar-refractivity contribution in [3.05, 3.63) is 77.9 Å². The van der Waals surface area contributed by atoms with Crippen LogP contribution in [0.25, 0.3) is 5.57 Å². The van der Waals surface area contributed by atoms with Gasteiger partial charge in [0, 0.05) is 19.3 Å². The molecule has 1 aliphatic carbocycles. The lowest BCUT2D eigenvalue weighted by molar-refractivity contribution is -0.527. The Labute approximate surface area is 158 Å². The number of thioether (sulfide) groups is 1. The van der Waals surface area contributed by atoms with Crippen molar-refractivity contribution in [2.45, 2.75) is 36.8 Å². The van der Waals surface area contributed by atoms with E-state index in [2.05, 4.69) is 42.5 Å². The summed E-state index contributed by atoms with van der Waals surface area (Å²) in [6, 6.07) is 20.8. The maximum atomic E-state index is 6.61. The molecule has 2 aromatic carbocycles. The molecule has 2 fully saturated rings. The van der Waals surface area contributed by atoms with Crippen molar-refractivity contribution >= 4 is 17.3 Å². The van der Waals surface area contributed by atoms with Gasteiger partial charge in [-0.15, -0.1) is 0 Å². The van der Waals surface area contributed by atoms with Crippen LogP contribution in [0.1, 0.15) is 30.4 Å². The van der Waals surface area contributed by atoms with Crippen LogP contribution in [0.4, 0.5) is 0 Å². The summed E-state index contributed by atoms with van der Waals surface area (Å²) in [4.78, 5) is 12.2. The molecule has 26 heavy (non-hydrogen) atoms. The highest BCUT2D eigenvalue weighted by molar-refractivity contribution is 7.99. The Morgan fingerprint density at radius 2 is 1.54 bits per heavy atom. The highest BCUT2D eigenvalue weighted by atomic mass is 32.2. The monoisotopic (exact) mass is 366 g/mol. The zero-order chi connectivity index (χ0) is 17.5. The molecule has 2 aliphatic heterocycles. The summed E-state index contributed by atoms with van der Waals surface area (Å²) in [5, 5.41) is 0. The van der Waals surface area contributed by atoms with Crippen LogP contribution < -0.4 is 0 Å². The van der Waals surface area contributed by atoms with Crippen molar-refractivity contribution in [3.8, 4) is 0 Å². The lowest BCUT2D eigenvalue weighted by atomic mass is 9.87. The van der Waals surface area contributed by atoms with E-state index >= 15 is 0 Å². The largest absolute Gasteiger partial charge is 0.336 e. The van der Waals surface area contributed by atoms with E-state index < -0.39 is 11.4 Å². The van der Waals surface area contributed by atoms with E-state index in [4.69, 9.17) is 14.5 Å². The van der Waals surface area contributed by atoms with Gasteiger partial charge in [0.15, 0.2) is 5.60 Å². The SMILES string of the molecule is C1=C(c2ccccc2)C[C@]2(c3ccccc3)OOC3(CCSCC3)O[C@H]12. The van der Waals surface area contributed by atoms with Crippen molar-refractivity contribution in [1.29, 1.82) is 0 Å². The van der Waals surface area contributed by atoms with Crippen LogP contribution in [-0.4, -0.2) is 23.4 Å². The van der Waals surface area contributed by atoms with Crippen LogP contribution in [-0.2, 0) is 20.1 Å². The number of hydrogen-bond donors (Lipinski definition) is 0. The molecule has 0 unspecified atom stereocenters. The highest BCUT2D eigenvalue weighted by Gasteiger charge is 2.56. The number of rotatable bonds is 2. The minimum Gasteiger partial charge on any atom is -0.336 e. The van der Waals surface area contributed by atoms with Crippen LogP contribution in [0.2, 0.25) is 0 Å². The van der Waals surface area contributed by atoms with Crippen molar-refractivity contribution in [3.63, 3.8) is 0 Å². The second-order valence-electron chi connectivity index (χ2n) is 7.22. The fourth-order valence-electron chi connectivity index (χ4n) is 4.14. The van der Waals surface area contributed by atoms with E-state index in [0.29, 0.717) is 0 Å². The summed E-state index contributed by atoms with van der Waals surface area (Å²) in [6.07, 6.45) is 4.59. The number of ether oxygens (including phenoxy) is 1. The van der Waals surface area contributed by atoms with E-state index in [-0.39, 0.29) is 6.10 Å². The maximum absolute atomic E-state index is 6.61. The maximum Gasteiger partial charge on any atom is 0.203 e. The predicted octanol–water partition coefficient (Wildman–Crippen LogP) is 4.94. The van der Waals surface area contributed by atoms with Gasteiger partial charge in [-0.1, -0.05) is 60.7 Å². The molecular weight excluding hydrogens is 344 g/mol. The first-order valence-electron chi connectivity index (χ1n) is 9.24. The van der Waals surface area contributed by atoms with Gasteiger partial charge in [-0.25, -0.2) is 4.89 Å². The molecule has 134 valence electrons. The summed E-state index contributed by atoms with van der Waals surface area (Å²) in [5.74, 6) is 1.49. The molecule has 0 N–H and O–H groups in total. The lowest BCUT2D eigenvalue weighted by Gasteiger charge is -2.48. The van der Waals surface area contributed by atoms with Gasteiger partial charge in [0.05, 0.1) is 0 Å². The van der Waals surface area contributed by atoms with Gasteiger partial charge in [0.25, 0.3) is 0 Å².